The lowest BCUT2D eigenvalue weighted by molar-refractivity contribution is 0.174. The van der Waals surface area contributed by atoms with Crippen LogP contribution in [-0.2, 0) is 0 Å². The van der Waals surface area contributed by atoms with Crippen LogP contribution >= 0.6 is 11.6 Å². The number of anilines is 1. The lowest BCUT2D eigenvalue weighted by atomic mass is 10.3. The maximum Gasteiger partial charge on any atom is 0.322 e. The fourth-order valence-electron chi connectivity index (χ4n) is 2.07. The van der Waals surface area contributed by atoms with Crippen molar-refractivity contribution in [2.24, 2.45) is 0 Å². The first kappa shape index (κ1) is 15.3. The van der Waals surface area contributed by atoms with Crippen molar-refractivity contribution in [1.29, 1.82) is 0 Å². The molecule has 1 aliphatic heterocycles. The van der Waals surface area contributed by atoms with E-state index in [1.54, 1.807) is 49.4 Å². The summed E-state index contributed by atoms with van der Waals surface area (Å²) in [4.78, 5) is 12.0. The summed E-state index contributed by atoms with van der Waals surface area (Å²) in [5.74, 6) is 1.88. The van der Waals surface area contributed by atoms with Crippen molar-refractivity contribution in [3.63, 3.8) is 0 Å². The first-order chi connectivity index (χ1) is 11.1. The van der Waals surface area contributed by atoms with Crippen LogP contribution in [-0.4, -0.2) is 19.1 Å². The van der Waals surface area contributed by atoms with Crippen molar-refractivity contribution in [2.45, 2.75) is 13.2 Å². The highest BCUT2D eigenvalue weighted by atomic mass is 35.5. The Labute approximate surface area is 138 Å². The summed E-state index contributed by atoms with van der Waals surface area (Å²) in [6.45, 7) is 1.92. The normalized spacial score (nSPS) is 13.3. The molecule has 0 aliphatic carbocycles. The Morgan fingerprint density at radius 1 is 1.17 bits per heavy atom. The maximum atomic E-state index is 12.0. The fourth-order valence-corrected chi connectivity index (χ4v) is 2.20. The number of urea groups is 1. The molecule has 0 radical (unpaired) electrons. The van der Waals surface area contributed by atoms with E-state index >= 15 is 0 Å². The van der Waals surface area contributed by atoms with Gasteiger partial charge in [-0.3, -0.25) is 0 Å². The number of fused-ring (bicyclic) bond motifs is 1. The van der Waals surface area contributed by atoms with Crippen LogP contribution in [0, 0.1) is 0 Å². The summed E-state index contributed by atoms with van der Waals surface area (Å²) < 4.78 is 16.1. The minimum absolute atomic E-state index is 0.191. The van der Waals surface area contributed by atoms with Gasteiger partial charge in [0.2, 0.25) is 6.79 Å². The van der Waals surface area contributed by atoms with Crippen LogP contribution in [0.15, 0.2) is 42.5 Å². The number of carbonyl (C=O) groups is 1. The Balaban J connectivity index is 1.53. The predicted octanol–water partition coefficient (Wildman–Crippen LogP) is 3.62. The Morgan fingerprint density at radius 2 is 1.91 bits per heavy atom. The van der Waals surface area contributed by atoms with Crippen molar-refractivity contribution >= 4 is 23.3 Å². The number of halogens is 1. The van der Waals surface area contributed by atoms with Crippen LogP contribution in [0.4, 0.5) is 10.5 Å². The topological polar surface area (TPSA) is 68.8 Å². The number of hydrogen-bond donors (Lipinski definition) is 2. The molecular formula is C16H15ClN2O4. The highest BCUT2D eigenvalue weighted by Crippen LogP contribution is 2.34. The van der Waals surface area contributed by atoms with Crippen LogP contribution in [0.5, 0.6) is 17.2 Å². The average Bonchev–Trinajstić information content (AvgIpc) is 2.97. The SMILES string of the molecule is CC(NC(=O)Nc1ccc2c(c1)OCO2)Oc1ccc(Cl)cc1. The third kappa shape index (κ3) is 3.98. The van der Waals surface area contributed by atoms with Crippen LogP contribution in [0.1, 0.15) is 6.92 Å². The molecule has 0 fully saturated rings. The molecule has 2 aromatic carbocycles. The van der Waals surface area contributed by atoms with Gasteiger partial charge in [0.15, 0.2) is 17.7 Å². The highest BCUT2D eigenvalue weighted by Gasteiger charge is 2.15. The third-order valence-corrected chi connectivity index (χ3v) is 3.34. The van der Waals surface area contributed by atoms with Gasteiger partial charge >= 0.3 is 6.03 Å². The zero-order valence-corrected chi connectivity index (χ0v) is 13.1. The minimum atomic E-state index is -0.509. The molecule has 1 atom stereocenters. The average molecular weight is 335 g/mol. The summed E-state index contributed by atoms with van der Waals surface area (Å²) in [6, 6.07) is 11.7. The zero-order valence-electron chi connectivity index (χ0n) is 12.3. The number of rotatable bonds is 4. The largest absolute Gasteiger partial charge is 0.471 e. The van der Waals surface area contributed by atoms with Gasteiger partial charge in [0.25, 0.3) is 0 Å². The number of benzene rings is 2. The first-order valence-corrected chi connectivity index (χ1v) is 7.37. The van der Waals surface area contributed by atoms with Crippen molar-refractivity contribution < 1.29 is 19.0 Å². The Morgan fingerprint density at radius 3 is 2.70 bits per heavy atom. The van der Waals surface area contributed by atoms with Crippen LogP contribution in [0.25, 0.3) is 0 Å². The molecule has 0 spiro atoms. The van der Waals surface area contributed by atoms with Crippen LogP contribution in [0.3, 0.4) is 0 Å². The van der Waals surface area contributed by atoms with E-state index in [0.717, 1.165) is 0 Å². The predicted molar refractivity (Wildman–Crippen MR) is 86.3 cm³/mol. The molecule has 2 amide bonds. The monoisotopic (exact) mass is 334 g/mol. The molecule has 2 N–H and O–H groups in total. The zero-order chi connectivity index (χ0) is 16.2. The molecule has 3 rings (SSSR count). The first-order valence-electron chi connectivity index (χ1n) is 6.99. The van der Waals surface area contributed by atoms with E-state index in [9.17, 15) is 4.79 Å². The van der Waals surface area contributed by atoms with Crippen LogP contribution < -0.4 is 24.8 Å². The number of amides is 2. The van der Waals surface area contributed by atoms with Gasteiger partial charge < -0.3 is 24.8 Å². The standard InChI is InChI=1S/C16H15ClN2O4/c1-10(23-13-5-2-11(17)3-6-13)18-16(20)19-12-4-7-14-15(8-12)22-9-21-14/h2-8,10H,9H2,1H3,(H2,18,19,20). The molecule has 120 valence electrons. The Bertz CT molecular complexity index is 706. The summed E-state index contributed by atoms with van der Waals surface area (Å²) >= 11 is 5.81. The molecule has 7 heteroatoms. The molecular weight excluding hydrogens is 320 g/mol. The molecule has 2 aromatic rings. The van der Waals surface area contributed by atoms with Crippen molar-refractivity contribution in [1.82, 2.24) is 5.32 Å². The Kier molecular flexibility index (Phi) is 4.43. The Hall–Kier alpha value is -2.60. The van der Waals surface area contributed by atoms with Gasteiger partial charge in [-0.1, -0.05) is 11.6 Å². The molecule has 0 bridgehead atoms. The number of nitrogens with one attached hydrogen (secondary N) is 2. The number of hydrogen-bond acceptors (Lipinski definition) is 4. The molecule has 1 heterocycles. The molecule has 23 heavy (non-hydrogen) atoms. The van der Waals surface area contributed by atoms with E-state index in [4.69, 9.17) is 25.8 Å². The molecule has 6 nitrogen and oxygen atoms in total. The number of carbonyl (C=O) groups excluding carboxylic acids is 1. The van der Waals surface area contributed by atoms with Gasteiger partial charge in [0.1, 0.15) is 5.75 Å². The number of ether oxygens (including phenoxy) is 3. The van der Waals surface area contributed by atoms with E-state index < -0.39 is 6.23 Å². The van der Waals surface area contributed by atoms with E-state index in [1.807, 2.05) is 0 Å². The molecule has 1 unspecified atom stereocenters. The maximum absolute atomic E-state index is 12.0. The smallest absolute Gasteiger partial charge is 0.322 e. The molecule has 0 saturated carbocycles. The van der Waals surface area contributed by atoms with Gasteiger partial charge in [-0.2, -0.15) is 0 Å². The van der Waals surface area contributed by atoms with E-state index in [0.29, 0.717) is 28.0 Å². The van der Waals surface area contributed by atoms with Crippen molar-refractivity contribution in [2.75, 3.05) is 12.1 Å². The summed E-state index contributed by atoms with van der Waals surface area (Å²) in [6.07, 6.45) is -0.509. The van der Waals surface area contributed by atoms with Gasteiger partial charge in [0.05, 0.1) is 0 Å². The van der Waals surface area contributed by atoms with Gasteiger partial charge in [-0.05, 0) is 43.3 Å². The lowest BCUT2D eigenvalue weighted by Crippen LogP contribution is -2.39. The van der Waals surface area contributed by atoms with E-state index in [-0.39, 0.29) is 12.8 Å². The van der Waals surface area contributed by atoms with Gasteiger partial charge in [-0.15, -0.1) is 0 Å². The minimum Gasteiger partial charge on any atom is -0.471 e. The van der Waals surface area contributed by atoms with E-state index in [1.165, 1.54) is 0 Å². The fraction of sp³-hybridized carbons (Fsp3) is 0.188. The second-order valence-electron chi connectivity index (χ2n) is 4.88. The van der Waals surface area contributed by atoms with E-state index in [2.05, 4.69) is 10.6 Å². The van der Waals surface area contributed by atoms with Gasteiger partial charge in [-0.25, -0.2) is 4.79 Å². The second-order valence-corrected chi connectivity index (χ2v) is 5.32. The van der Waals surface area contributed by atoms with Crippen LogP contribution in [0.2, 0.25) is 5.02 Å². The van der Waals surface area contributed by atoms with Gasteiger partial charge in [0, 0.05) is 16.8 Å². The third-order valence-electron chi connectivity index (χ3n) is 3.09. The molecule has 0 saturated heterocycles. The summed E-state index contributed by atoms with van der Waals surface area (Å²) in [5.41, 5.74) is 0.602. The lowest BCUT2D eigenvalue weighted by Gasteiger charge is -2.17. The van der Waals surface area contributed by atoms with Crippen molar-refractivity contribution in [3.8, 4) is 17.2 Å². The highest BCUT2D eigenvalue weighted by molar-refractivity contribution is 6.30. The molecule has 1 aliphatic rings. The quantitative estimate of drug-likeness (QED) is 0.838. The summed E-state index contributed by atoms with van der Waals surface area (Å²) in [5, 5.41) is 6.02. The molecule has 0 aromatic heterocycles. The second kappa shape index (κ2) is 6.66. The van der Waals surface area contributed by atoms with Crippen molar-refractivity contribution in [3.05, 3.63) is 47.5 Å². The summed E-state index contributed by atoms with van der Waals surface area (Å²) in [7, 11) is 0.